The molecule has 0 saturated heterocycles. The molecule has 0 amide bonds. The lowest BCUT2D eigenvalue weighted by Crippen LogP contribution is -2.28. The smallest absolute Gasteiger partial charge is 0.0714 e. The van der Waals surface area contributed by atoms with Gasteiger partial charge in [0.05, 0.1) is 10.9 Å². The quantitative estimate of drug-likeness (QED) is 0.152. The van der Waals surface area contributed by atoms with Crippen LogP contribution in [0.1, 0.15) is 83.5 Å². The molecule has 0 fully saturated rings. The van der Waals surface area contributed by atoms with Gasteiger partial charge in [-0.05, 0) is 177 Å². The Hall–Kier alpha value is -8.52. The van der Waals surface area contributed by atoms with Gasteiger partial charge in [0.2, 0.25) is 0 Å². The number of aryl methyl sites for hydroxylation is 1. The third-order valence-corrected chi connectivity index (χ3v) is 18.1. The fraction of sp³-hybridized carbons (Fsp3) is 0.123. The van der Waals surface area contributed by atoms with Crippen LogP contribution < -0.4 is 0 Å². The lowest BCUT2D eigenvalue weighted by molar-refractivity contribution is 0.660. The normalized spacial score (nSPS) is 14.9. The average molecular weight is 946 g/mol. The molecule has 15 rings (SSSR count). The maximum absolute atomic E-state index is 2.56. The number of hydrogen-bond donors (Lipinski definition) is 0. The standard InChI is InChI=1S/C73H55N/c1-44-45(2)74(50-35-38-56-53-27-17-20-32-64(53)73(67(56)41-50,48-21-9-7-10-22-48)49-23-11-8-12-24-49)68-43-61-60(42-59(44)68)69(46-33-36-54-51-25-15-18-30-62(51)71(3,4)65(54)39-46)57-28-13-14-29-58(57)70(61)47-34-37-55-52-26-16-19-31-63(52)72(5,6)66(55)40-47/h7-43H,1-6H3. The fourth-order valence-corrected chi connectivity index (χ4v) is 14.5. The van der Waals surface area contributed by atoms with E-state index >= 15 is 0 Å². The fourth-order valence-electron chi connectivity index (χ4n) is 14.5. The minimum Gasteiger partial charge on any atom is -0.314 e. The molecule has 1 aromatic heterocycles. The molecule has 12 aromatic rings. The van der Waals surface area contributed by atoms with Gasteiger partial charge in [0.1, 0.15) is 0 Å². The second-order valence-electron chi connectivity index (χ2n) is 22.4. The predicted octanol–water partition coefficient (Wildman–Crippen LogP) is 18.9. The Balaban J connectivity index is 1.03. The second kappa shape index (κ2) is 15.3. The van der Waals surface area contributed by atoms with Crippen LogP contribution >= 0.6 is 0 Å². The van der Waals surface area contributed by atoms with Crippen LogP contribution in [0.25, 0.3) is 93.8 Å². The van der Waals surface area contributed by atoms with Gasteiger partial charge in [0, 0.05) is 27.6 Å². The van der Waals surface area contributed by atoms with Crippen LogP contribution in [-0.4, -0.2) is 4.57 Å². The molecule has 11 aromatic carbocycles. The number of nitrogens with zero attached hydrogens (tertiary/aromatic N) is 1. The number of rotatable bonds is 5. The highest BCUT2D eigenvalue weighted by atomic mass is 15.0. The van der Waals surface area contributed by atoms with Crippen LogP contribution in [0.4, 0.5) is 0 Å². The number of aromatic nitrogens is 1. The van der Waals surface area contributed by atoms with Crippen molar-refractivity contribution >= 4 is 32.4 Å². The molecule has 0 unspecified atom stereocenters. The number of benzene rings is 11. The highest BCUT2D eigenvalue weighted by Crippen LogP contribution is 2.58. The van der Waals surface area contributed by atoms with Crippen molar-refractivity contribution in [3.63, 3.8) is 0 Å². The first-order chi connectivity index (χ1) is 36.1. The van der Waals surface area contributed by atoms with Crippen LogP contribution in [0.2, 0.25) is 0 Å². The van der Waals surface area contributed by atoms with E-state index in [4.69, 9.17) is 0 Å². The zero-order valence-corrected chi connectivity index (χ0v) is 42.8. The van der Waals surface area contributed by atoms with Crippen LogP contribution in [-0.2, 0) is 16.2 Å². The third-order valence-electron chi connectivity index (χ3n) is 18.1. The molecular formula is C73H55N. The van der Waals surface area contributed by atoms with Gasteiger partial charge < -0.3 is 4.57 Å². The Morgan fingerprint density at radius 1 is 0.311 bits per heavy atom. The van der Waals surface area contributed by atoms with Crippen LogP contribution in [0.5, 0.6) is 0 Å². The molecule has 3 aliphatic rings. The first-order valence-electron chi connectivity index (χ1n) is 26.4. The summed E-state index contributed by atoms with van der Waals surface area (Å²) < 4.78 is 2.56. The zero-order chi connectivity index (χ0) is 49.8. The van der Waals surface area contributed by atoms with Gasteiger partial charge in [-0.15, -0.1) is 0 Å². The lowest BCUT2D eigenvalue weighted by atomic mass is 9.67. The summed E-state index contributed by atoms with van der Waals surface area (Å²) in [5.41, 5.74) is 27.9. The molecule has 3 aliphatic carbocycles. The molecule has 1 heteroatoms. The first kappa shape index (κ1) is 43.1. The summed E-state index contributed by atoms with van der Waals surface area (Å²) in [5, 5.41) is 6.36. The SMILES string of the molecule is Cc1c(C)n(-c2ccc3c(c2)C(c2ccccc2)(c2ccccc2)c2ccccc2-3)c2cc3c(-c4ccc5c(c4)C(C)(C)c4ccccc4-5)c4ccccc4c(-c4ccc5c(c4)C(C)(C)c4ccccc4-5)c3cc12. The van der Waals surface area contributed by atoms with Gasteiger partial charge in [-0.3, -0.25) is 0 Å². The number of fused-ring (bicyclic) bond motifs is 12. The van der Waals surface area contributed by atoms with E-state index in [2.05, 4.69) is 271 Å². The topological polar surface area (TPSA) is 4.93 Å². The molecule has 74 heavy (non-hydrogen) atoms. The van der Waals surface area contributed by atoms with Gasteiger partial charge in [0.25, 0.3) is 0 Å². The van der Waals surface area contributed by atoms with E-state index in [1.54, 1.807) is 0 Å². The Morgan fingerprint density at radius 2 is 0.730 bits per heavy atom. The zero-order valence-electron chi connectivity index (χ0n) is 42.8. The van der Waals surface area contributed by atoms with E-state index in [1.807, 2.05) is 0 Å². The minimum atomic E-state index is -0.503. The maximum Gasteiger partial charge on any atom is 0.0714 e. The Bertz CT molecular complexity index is 4330. The summed E-state index contributed by atoms with van der Waals surface area (Å²) >= 11 is 0. The van der Waals surface area contributed by atoms with E-state index in [9.17, 15) is 0 Å². The highest BCUT2D eigenvalue weighted by molar-refractivity contribution is 6.24. The number of hydrogen-bond acceptors (Lipinski definition) is 0. The molecule has 1 nitrogen and oxygen atoms in total. The van der Waals surface area contributed by atoms with E-state index in [1.165, 1.54) is 150 Å². The monoisotopic (exact) mass is 945 g/mol. The molecule has 0 spiro atoms. The van der Waals surface area contributed by atoms with Gasteiger partial charge >= 0.3 is 0 Å². The van der Waals surface area contributed by atoms with Crippen molar-refractivity contribution < 1.29 is 0 Å². The summed E-state index contributed by atoms with van der Waals surface area (Å²) in [5.74, 6) is 0. The van der Waals surface area contributed by atoms with Gasteiger partial charge in [-0.25, -0.2) is 0 Å². The van der Waals surface area contributed by atoms with Crippen molar-refractivity contribution in [3.8, 4) is 61.3 Å². The minimum absolute atomic E-state index is 0.129. The molecule has 0 atom stereocenters. The highest BCUT2D eigenvalue weighted by Gasteiger charge is 2.46. The average Bonchev–Trinajstić information content (AvgIpc) is 4.05. The van der Waals surface area contributed by atoms with Crippen LogP contribution in [0, 0.1) is 13.8 Å². The van der Waals surface area contributed by atoms with Crippen molar-refractivity contribution in [2.45, 2.75) is 57.8 Å². The van der Waals surface area contributed by atoms with Crippen molar-refractivity contribution in [2.24, 2.45) is 0 Å². The molecule has 352 valence electrons. The summed E-state index contributed by atoms with van der Waals surface area (Å²) in [6.45, 7) is 14.2. The molecule has 0 saturated carbocycles. The van der Waals surface area contributed by atoms with Gasteiger partial charge in [-0.1, -0.05) is 216 Å². The first-order valence-corrected chi connectivity index (χ1v) is 26.4. The predicted molar refractivity (Wildman–Crippen MR) is 311 cm³/mol. The molecular weight excluding hydrogens is 891 g/mol. The Morgan fingerprint density at radius 3 is 1.27 bits per heavy atom. The van der Waals surface area contributed by atoms with E-state index in [0.717, 1.165) is 0 Å². The summed E-state index contributed by atoms with van der Waals surface area (Å²) in [6.07, 6.45) is 0. The van der Waals surface area contributed by atoms with Crippen molar-refractivity contribution in [2.75, 3.05) is 0 Å². The van der Waals surface area contributed by atoms with E-state index < -0.39 is 5.41 Å². The van der Waals surface area contributed by atoms with Crippen molar-refractivity contribution in [1.82, 2.24) is 4.57 Å². The van der Waals surface area contributed by atoms with E-state index in [0.29, 0.717) is 0 Å². The summed E-state index contributed by atoms with van der Waals surface area (Å²) in [7, 11) is 0. The molecule has 0 bridgehead atoms. The molecule has 1 heterocycles. The van der Waals surface area contributed by atoms with Gasteiger partial charge in [-0.2, -0.15) is 0 Å². The molecule has 0 radical (unpaired) electrons. The summed E-state index contributed by atoms with van der Waals surface area (Å²) in [4.78, 5) is 0. The van der Waals surface area contributed by atoms with Crippen molar-refractivity contribution in [3.05, 3.63) is 280 Å². The van der Waals surface area contributed by atoms with Gasteiger partial charge in [0.15, 0.2) is 0 Å². The maximum atomic E-state index is 2.56. The van der Waals surface area contributed by atoms with Crippen LogP contribution in [0.3, 0.4) is 0 Å². The van der Waals surface area contributed by atoms with Crippen molar-refractivity contribution in [1.29, 1.82) is 0 Å². The van der Waals surface area contributed by atoms with Crippen LogP contribution in [0.15, 0.2) is 224 Å². The molecule has 0 N–H and O–H groups in total. The summed E-state index contributed by atoms with van der Waals surface area (Å²) in [6, 6.07) is 85.7. The Labute approximate surface area is 434 Å². The molecule has 0 aliphatic heterocycles. The second-order valence-corrected chi connectivity index (χ2v) is 22.4. The largest absolute Gasteiger partial charge is 0.314 e. The Kier molecular flexibility index (Phi) is 8.89. The third kappa shape index (κ3) is 5.59. The lowest BCUT2D eigenvalue weighted by Gasteiger charge is -2.34. The van der Waals surface area contributed by atoms with E-state index in [-0.39, 0.29) is 10.8 Å².